The van der Waals surface area contributed by atoms with Crippen molar-refractivity contribution >= 4 is 26.1 Å². The van der Waals surface area contributed by atoms with Crippen molar-refractivity contribution in [1.29, 1.82) is 0 Å². The number of imide groups is 1. The van der Waals surface area contributed by atoms with Crippen molar-refractivity contribution in [1.82, 2.24) is 10.2 Å². The van der Waals surface area contributed by atoms with Crippen LogP contribution in [0, 0.1) is 11.8 Å². The molecule has 0 spiro atoms. The molecule has 2 aromatic carbocycles. The van der Waals surface area contributed by atoms with Gasteiger partial charge >= 0.3 is 5.97 Å². The first-order valence-corrected chi connectivity index (χ1v) is 19.1. The zero-order valence-electron chi connectivity index (χ0n) is 28.4. The summed E-state index contributed by atoms with van der Waals surface area (Å²) in [4.78, 5) is 41.1. The lowest BCUT2D eigenvalue weighted by atomic mass is 9.65. The van der Waals surface area contributed by atoms with Gasteiger partial charge in [0.05, 0.1) is 32.8 Å². The number of ether oxygens (including phenoxy) is 5. The first kappa shape index (κ1) is 32.7. The van der Waals surface area contributed by atoms with Gasteiger partial charge in [-0.25, -0.2) is 0 Å². The number of hydrogen-bond acceptors (Lipinski definition) is 10. The van der Waals surface area contributed by atoms with Crippen molar-refractivity contribution in [3.8, 4) is 28.7 Å². The molecule has 3 aliphatic heterocycles. The number of esters is 1. The fraction of sp³-hybridized carbons (Fsp3) is 0.514. The summed E-state index contributed by atoms with van der Waals surface area (Å²) < 4.78 is 35.8. The van der Waals surface area contributed by atoms with E-state index in [2.05, 4.69) is 39.2 Å². The molecule has 1 fully saturated rings. The van der Waals surface area contributed by atoms with Gasteiger partial charge in [-0.1, -0.05) is 34.1 Å². The van der Waals surface area contributed by atoms with Gasteiger partial charge in [-0.2, -0.15) is 0 Å². The molecule has 2 aromatic rings. The number of carbonyl (C=O) groups is 3. The van der Waals surface area contributed by atoms with Crippen LogP contribution in [0.3, 0.4) is 0 Å². The van der Waals surface area contributed by atoms with Crippen molar-refractivity contribution < 1.29 is 42.5 Å². The lowest BCUT2D eigenvalue weighted by Gasteiger charge is -2.40. The molecule has 4 aliphatic rings. The van der Waals surface area contributed by atoms with E-state index in [-0.39, 0.29) is 47.8 Å². The number of nitrogens with zero attached hydrogens (tertiary/aromatic N) is 1. The van der Waals surface area contributed by atoms with Crippen LogP contribution in [0.1, 0.15) is 69.2 Å². The summed E-state index contributed by atoms with van der Waals surface area (Å²) in [7, 11) is 0.899. The molecule has 3 heterocycles. The van der Waals surface area contributed by atoms with Crippen molar-refractivity contribution in [3.05, 3.63) is 52.7 Å². The Morgan fingerprint density at radius 1 is 0.957 bits per heavy atom. The SMILES string of the molecule is CCCCN1C(=O)C=C(N[C@@H]2c3cc4c(cc3[C@@H](c3cc(OC)c(O[Si](C)(C)C(C)(C)C)c(OC)c3)[C@H]3C(=O)OC[C@@H]32)OCO4)C1=O. The molecule has 11 nitrogen and oxygen atoms in total. The maximum Gasteiger partial charge on any atom is 0.310 e. The van der Waals surface area contributed by atoms with Crippen molar-refractivity contribution in [2.24, 2.45) is 11.8 Å². The second-order valence-electron chi connectivity index (χ2n) is 14.1. The second kappa shape index (κ2) is 12.1. The molecule has 1 N–H and O–H groups in total. The highest BCUT2D eigenvalue weighted by molar-refractivity contribution is 6.74. The molecule has 1 aliphatic carbocycles. The number of methoxy groups -OCH3 is 2. The molecule has 1 saturated heterocycles. The number of unbranched alkanes of at least 4 members (excludes halogenated alkanes) is 1. The summed E-state index contributed by atoms with van der Waals surface area (Å²) in [5.41, 5.74) is 2.62. The molecule has 0 bridgehead atoms. The maximum atomic E-state index is 13.6. The van der Waals surface area contributed by atoms with Gasteiger partial charge < -0.3 is 33.4 Å². The fourth-order valence-electron chi connectivity index (χ4n) is 6.64. The zero-order chi connectivity index (χ0) is 33.8. The number of carbonyl (C=O) groups excluding carboxylic acids is 3. The van der Waals surface area contributed by atoms with Crippen molar-refractivity contribution in [2.45, 2.75) is 70.6 Å². The topological polar surface area (TPSA) is 122 Å². The van der Waals surface area contributed by atoms with Crippen molar-refractivity contribution in [2.75, 3.05) is 34.2 Å². The van der Waals surface area contributed by atoms with Gasteiger partial charge in [0.1, 0.15) is 5.70 Å². The highest BCUT2D eigenvalue weighted by atomic mass is 28.4. The van der Waals surface area contributed by atoms with Gasteiger partial charge in [-0.15, -0.1) is 0 Å². The third-order valence-corrected chi connectivity index (χ3v) is 14.6. The van der Waals surface area contributed by atoms with Gasteiger partial charge in [0.25, 0.3) is 20.1 Å². The molecule has 0 unspecified atom stereocenters. The van der Waals surface area contributed by atoms with E-state index in [9.17, 15) is 14.4 Å². The highest BCUT2D eigenvalue weighted by Crippen LogP contribution is 2.56. The zero-order valence-corrected chi connectivity index (χ0v) is 29.4. The summed E-state index contributed by atoms with van der Waals surface area (Å²) in [6.45, 7) is 13.4. The van der Waals surface area contributed by atoms with Crippen LogP contribution in [0.4, 0.5) is 0 Å². The molecule has 252 valence electrons. The largest absolute Gasteiger partial charge is 0.539 e. The molecule has 0 aromatic heterocycles. The van der Waals surface area contributed by atoms with E-state index in [1.165, 1.54) is 11.0 Å². The quantitative estimate of drug-likeness (QED) is 0.200. The summed E-state index contributed by atoms with van der Waals surface area (Å²) >= 11 is 0. The molecule has 12 heteroatoms. The molecule has 0 saturated carbocycles. The average Bonchev–Trinajstić information content (AvgIpc) is 3.71. The minimum Gasteiger partial charge on any atom is -0.539 e. The van der Waals surface area contributed by atoms with Gasteiger partial charge in [0, 0.05) is 24.5 Å². The Balaban J connectivity index is 1.46. The average molecular weight is 665 g/mol. The Labute approximate surface area is 276 Å². The number of nitrogens with one attached hydrogen (secondary N) is 1. The van der Waals surface area contributed by atoms with E-state index in [0.717, 1.165) is 29.5 Å². The monoisotopic (exact) mass is 664 g/mol. The summed E-state index contributed by atoms with van der Waals surface area (Å²) in [5, 5.41) is 3.30. The Kier molecular flexibility index (Phi) is 8.44. The van der Waals surface area contributed by atoms with E-state index >= 15 is 0 Å². The first-order valence-electron chi connectivity index (χ1n) is 16.2. The van der Waals surface area contributed by atoms with Gasteiger partial charge in [-0.3, -0.25) is 19.3 Å². The molecule has 0 radical (unpaired) electrons. The second-order valence-corrected chi connectivity index (χ2v) is 18.8. The molecular formula is C35H44N2O9Si. The number of benzene rings is 2. The van der Waals surface area contributed by atoms with Crippen LogP contribution in [0.25, 0.3) is 0 Å². The van der Waals surface area contributed by atoms with E-state index in [0.29, 0.717) is 35.3 Å². The Morgan fingerprint density at radius 2 is 1.60 bits per heavy atom. The summed E-state index contributed by atoms with van der Waals surface area (Å²) in [6, 6.07) is 7.11. The number of fused-ring (bicyclic) bond motifs is 3. The molecule has 2 amide bonds. The van der Waals surface area contributed by atoms with E-state index in [1.807, 2.05) is 31.2 Å². The van der Waals surface area contributed by atoms with Crippen LogP contribution in [-0.2, 0) is 19.1 Å². The van der Waals surface area contributed by atoms with Crippen LogP contribution >= 0.6 is 0 Å². The molecule has 4 atom stereocenters. The van der Waals surface area contributed by atoms with Crippen LogP contribution in [0.15, 0.2) is 36.0 Å². The van der Waals surface area contributed by atoms with E-state index in [4.69, 9.17) is 28.1 Å². The minimum atomic E-state index is -2.28. The number of rotatable bonds is 10. The third kappa shape index (κ3) is 5.60. The Morgan fingerprint density at radius 3 is 2.19 bits per heavy atom. The van der Waals surface area contributed by atoms with Gasteiger partial charge in [0.2, 0.25) is 6.79 Å². The maximum absolute atomic E-state index is 13.6. The molecule has 47 heavy (non-hydrogen) atoms. The van der Waals surface area contributed by atoms with E-state index < -0.39 is 26.2 Å². The highest BCUT2D eigenvalue weighted by Gasteiger charge is 2.53. The van der Waals surface area contributed by atoms with Crippen LogP contribution in [0.2, 0.25) is 18.1 Å². The summed E-state index contributed by atoms with van der Waals surface area (Å²) in [5.74, 6) is 0.136. The number of hydrogen-bond donors (Lipinski definition) is 1. The van der Waals surface area contributed by atoms with Gasteiger partial charge in [0.15, 0.2) is 28.7 Å². The predicted octanol–water partition coefficient (Wildman–Crippen LogP) is 5.43. The lowest BCUT2D eigenvalue weighted by Crippen LogP contribution is -2.44. The standard InChI is InChI=1S/C35H44N2O9Si/c1-9-10-11-37-28(38)16-23(33(37)39)36-31-21-15-25-24(44-18-45-25)14-20(21)29(30-22(31)17-43-34(30)40)19-12-26(41-5)32(27(13-19)42-6)46-47(7,8)35(2,3)4/h12-16,22,29-31,36H,9-11,17-18H2,1-8H3/t22-,29+,30-,31+/m0/s1. The smallest absolute Gasteiger partial charge is 0.310 e. The van der Waals surface area contributed by atoms with Crippen LogP contribution in [0.5, 0.6) is 28.7 Å². The molecular weight excluding hydrogens is 620 g/mol. The van der Waals surface area contributed by atoms with Crippen molar-refractivity contribution in [3.63, 3.8) is 0 Å². The Bertz CT molecular complexity index is 1620. The number of cyclic esters (lactones) is 1. The van der Waals surface area contributed by atoms with Crippen LogP contribution < -0.4 is 28.7 Å². The fourth-order valence-corrected chi connectivity index (χ4v) is 7.66. The lowest BCUT2D eigenvalue weighted by molar-refractivity contribution is -0.141. The number of amides is 2. The first-order chi connectivity index (χ1) is 22.3. The summed E-state index contributed by atoms with van der Waals surface area (Å²) in [6.07, 6.45) is 2.92. The van der Waals surface area contributed by atoms with Crippen LogP contribution in [-0.4, -0.2) is 65.2 Å². The molecule has 6 rings (SSSR count). The predicted molar refractivity (Wildman–Crippen MR) is 175 cm³/mol. The van der Waals surface area contributed by atoms with E-state index in [1.54, 1.807) is 14.2 Å². The normalized spacial score (nSPS) is 23.3. The van der Waals surface area contributed by atoms with Gasteiger partial charge in [-0.05, 0) is 65.5 Å². The Hall–Kier alpha value is -4.19. The third-order valence-electron chi connectivity index (χ3n) is 10.2. The minimum absolute atomic E-state index is 0.0664.